The summed E-state index contributed by atoms with van der Waals surface area (Å²) in [6.07, 6.45) is 0.556. The smallest absolute Gasteiger partial charge is 0.357 e. The second kappa shape index (κ2) is 7.75. The van der Waals surface area contributed by atoms with Crippen molar-refractivity contribution in [2.75, 3.05) is 5.32 Å². The molecule has 0 fully saturated rings. The van der Waals surface area contributed by atoms with Gasteiger partial charge in [-0.1, -0.05) is 24.3 Å². The van der Waals surface area contributed by atoms with E-state index in [1.807, 2.05) is 30.3 Å². The highest BCUT2D eigenvalue weighted by Gasteiger charge is 2.20. The van der Waals surface area contributed by atoms with E-state index < -0.39 is 18.0 Å². The van der Waals surface area contributed by atoms with Gasteiger partial charge in [-0.05, 0) is 50.2 Å². The van der Waals surface area contributed by atoms with Crippen LogP contribution in [0.2, 0.25) is 0 Å². The third kappa shape index (κ3) is 3.57. The van der Waals surface area contributed by atoms with Crippen molar-refractivity contribution in [2.24, 2.45) is 0 Å². The maximum Gasteiger partial charge on any atom is 0.357 e. The second-order valence-corrected chi connectivity index (χ2v) is 6.75. The number of carbonyl (C=O) groups excluding carboxylic acids is 2. The molecule has 29 heavy (non-hydrogen) atoms. The van der Waals surface area contributed by atoms with Crippen LogP contribution < -0.4 is 5.32 Å². The Morgan fingerprint density at radius 1 is 1.03 bits per heavy atom. The van der Waals surface area contributed by atoms with E-state index in [1.54, 1.807) is 18.2 Å². The zero-order valence-corrected chi connectivity index (χ0v) is 16.3. The van der Waals surface area contributed by atoms with E-state index >= 15 is 0 Å². The average Bonchev–Trinajstić information content (AvgIpc) is 3.07. The average molecular weight is 387 g/mol. The van der Waals surface area contributed by atoms with E-state index in [1.165, 1.54) is 13.1 Å². The lowest BCUT2D eigenvalue weighted by atomic mass is 10.1. The number of esters is 1. The number of aromatic nitrogens is 2. The molecule has 0 saturated heterocycles. The van der Waals surface area contributed by atoms with Crippen LogP contribution in [-0.2, 0) is 16.1 Å². The summed E-state index contributed by atoms with van der Waals surface area (Å²) in [7, 11) is 0. The Morgan fingerprint density at radius 3 is 2.55 bits per heavy atom. The fourth-order valence-electron chi connectivity index (χ4n) is 3.47. The summed E-state index contributed by atoms with van der Waals surface area (Å²) in [5.41, 5.74) is 3.09. The minimum absolute atomic E-state index is 0.168. The molecule has 6 heteroatoms. The number of aryl methyl sites for hydroxylation is 1. The molecule has 0 aliphatic heterocycles. The Hall–Kier alpha value is -3.67. The molecule has 146 valence electrons. The number of benzene rings is 2. The number of pyridine rings is 1. The molecular weight excluding hydrogens is 366 g/mol. The monoisotopic (exact) mass is 387 g/mol. The Kier molecular flexibility index (Phi) is 4.99. The van der Waals surface area contributed by atoms with E-state index in [-0.39, 0.29) is 5.69 Å². The van der Waals surface area contributed by atoms with Gasteiger partial charge in [0.25, 0.3) is 5.91 Å². The lowest BCUT2D eigenvalue weighted by molar-refractivity contribution is -0.123. The Balaban J connectivity index is 1.55. The molecule has 0 unspecified atom stereocenters. The van der Waals surface area contributed by atoms with Gasteiger partial charge in [0.1, 0.15) is 5.69 Å². The largest absolute Gasteiger partial charge is 0.448 e. The molecule has 1 N–H and O–H groups in total. The molecule has 4 aromatic rings. The first-order chi connectivity index (χ1) is 14.1. The third-order valence-corrected chi connectivity index (χ3v) is 4.88. The predicted molar refractivity (Wildman–Crippen MR) is 113 cm³/mol. The normalized spacial score (nSPS) is 12.1. The first kappa shape index (κ1) is 18.7. The molecule has 0 aliphatic carbocycles. The molecular formula is C23H21N3O3. The van der Waals surface area contributed by atoms with Crippen molar-refractivity contribution in [2.45, 2.75) is 26.5 Å². The highest BCUT2D eigenvalue weighted by molar-refractivity contribution is 6.10. The van der Waals surface area contributed by atoms with Crippen LogP contribution in [0.3, 0.4) is 0 Å². The summed E-state index contributed by atoms with van der Waals surface area (Å²) < 4.78 is 7.48. The first-order valence-corrected chi connectivity index (χ1v) is 9.52. The lowest BCUT2D eigenvalue weighted by Gasteiger charge is -2.13. The van der Waals surface area contributed by atoms with Crippen molar-refractivity contribution in [3.8, 4) is 0 Å². The molecule has 1 amide bonds. The van der Waals surface area contributed by atoms with Crippen LogP contribution in [-0.4, -0.2) is 27.5 Å². The van der Waals surface area contributed by atoms with Gasteiger partial charge in [0, 0.05) is 40.2 Å². The molecule has 2 aromatic heterocycles. The molecule has 0 spiro atoms. The van der Waals surface area contributed by atoms with Crippen LogP contribution in [0, 0.1) is 0 Å². The number of rotatable bonds is 5. The summed E-state index contributed by atoms with van der Waals surface area (Å²) in [4.78, 5) is 28.6. The Labute approximate surface area is 168 Å². The van der Waals surface area contributed by atoms with Crippen LogP contribution >= 0.6 is 0 Å². The van der Waals surface area contributed by atoms with E-state index in [0.717, 1.165) is 28.4 Å². The molecule has 0 aliphatic rings. The molecule has 0 bridgehead atoms. The number of carbonyl (C=O) groups is 2. The number of anilines is 1. The van der Waals surface area contributed by atoms with Crippen molar-refractivity contribution >= 4 is 39.4 Å². The Morgan fingerprint density at radius 2 is 1.79 bits per heavy atom. The Bertz CT molecular complexity index is 1200. The van der Waals surface area contributed by atoms with Gasteiger partial charge >= 0.3 is 5.97 Å². The third-order valence-electron chi connectivity index (χ3n) is 4.88. The van der Waals surface area contributed by atoms with Crippen LogP contribution in [0.1, 0.15) is 24.3 Å². The molecule has 0 radical (unpaired) electrons. The first-order valence-electron chi connectivity index (χ1n) is 9.52. The number of hydrogen-bond donors (Lipinski definition) is 1. The molecule has 2 heterocycles. The fourth-order valence-corrected chi connectivity index (χ4v) is 3.47. The van der Waals surface area contributed by atoms with E-state index in [2.05, 4.69) is 33.9 Å². The van der Waals surface area contributed by atoms with Gasteiger partial charge in [0.05, 0.1) is 0 Å². The van der Waals surface area contributed by atoms with Crippen molar-refractivity contribution in [1.29, 1.82) is 0 Å². The molecule has 0 saturated carbocycles. The fraction of sp³-hybridized carbons (Fsp3) is 0.174. The van der Waals surface area contributed by atoms with E-state index in [4.69, 9.17) is 4.74 Å². The number of hydrogen-bond acceptors (Lipinski definition) is 4. The summed E-state index contributed by atoms with van der Waals surface area (Å²) >= 11 is 0. The van der Waals surface area contributed by atoms with E-state index in [9.17, 15) is 9.59 Å². The zero-order valence-electron chi connectivity index (χ0n) is 16.3. The SMILES string of the molecule is CCn1c2ccccc2c2cc(NC(=O)[C@H](C)OC(=O)c3ccccn3)ccc21. The quantitative estimate of drug-likeness (QED) is 0.515. The molecule has 2 aromatic carbocycles. The van der Waals surface area contributed by atoms with Crippen molar-refractivity contribution < 1.29 is 14.3 Å². The second-order valence-electron chi connectivity index (χ2n) is 6.75. The molecule has 4 rings (SSSR count). The van der Waals surface area contributed by atoms with Gasteiger partial charge in [-0.25, -0.2) is 9.78 Å². The highest BCUT2D eigenvalue weighted by Crippen LogP contribution is 2.31. The maximum atomic E-state index is 12.5. The topological polar surface area (TPSA) is 73.2 Å². The van der Waals surface area contributed by atoms with Crippen LogP contribution in [0.4, 0.5) is 5.69 Å². The predicted octanol–water partition coefficient (Wildman–Crippen LogP) is 4.39. The van der Waals surface area contributed by atoms with Crippen LogP contribution in [0.25, 0.3) is 21.8 Å². The van der Waals surface area contributed by atoms with E-state index in [0.29, 0.717) is 5.69 Å². The lowest BCUT2D eigenvalue weighted by Crippen LogP contribution is -2.30. The minimum Gasteiger partial charge on any atom is -0.448 e. The zero-order chi connectivity index (χ0) is 20.4. The summed E-state index contributed by atoms with van der Waals surface area (Å²) in [5, 5.41) is 5.04. The molecule has 1 atom stereocenters. The van der Waals surface area contributed by atoms with Crippen LogP contribution in [0.5, 0.6) is 0 Å². The van der Waals surface area contributed by atoms with Crippen molar-refractivity contribution in [3.63, 3.8) is 0 Å². The maximum absolute atomic E-state index is 12.5. The number of para-hydroxylation sites is 1. The highest BCUT2D eigenvalue weighted by atomic mass is 16.5. The van der Waals surface area contributed by atoms with Gasteiger partial charge in [-0.2, -0.15) is 0 Å². The summed E-state index contributed by atoms with van der Waals surface area (Å²) in [6.45, 7) is 4.51. The van der Waals surface area contributed by atoms with Gasteiger partial charge in [0.2, 0.25) is 0 Å². The van der Waals surface area contributed by atoms with Crippen LogP contribution in [0.15, 0.2) is 66.9 Å². The summed E-state index contributed by atoms with van der Waals surface area (Å²) in [5.74, 6) is -1.03. The number of fused-ring (bicyclic) bond motifs is 3. The van der Waals surface area contributed by atoms with Gasteiger partial charge in [-0.3, -0.25) is 4.79 Å². The van der Waals surface area contributed by atoms with Gasteiger partial charge < -0.3 is 14.6 Å². The van der Waals surface area contributed by atoms with Crippen molar-refractivity contribution in [3.05, 3.63) is 72.6 Å². The van der Waals surface area contributed by atoms with Crippen molar-refractivity contribution in [1.82, 2.24) is 9.55 Å². The standard InChI is InChI=1S/C23H21N3O3/c1-3-26-20-10-5-4-8-17(20)18-14-16(11-12-21(18)26)25-22(27)15(2)29-23(28)19-9-6-7-13-24-19/h4-15H,3H2,1-2H3,(H,25,27)/t15-/m0/s1. The number of nitrogens with zero attached hydrogens (tertiary/aromatic N) is 2. The number of amides is 1. The van der Waals surface area contributed by atoms with Gasteiger partial charge in [0.15, 0.2) is 6.10 Å². The van der Waals surface area contributed by atoms with Gasteiger partial charge in [-0.15, -0.1) is 0 Å². The number of ether oxygens (including phenoxy) is 1. The summed E-state index contributed by atoms with van der Waals surface area (Å²) in [6, 6.07) is 19.0. The number of nitrogens with one attached hydrogen (secondary N) is 1. The molecule has 6 nitrogen and oxygen atoms in total. The minimum atomic E-state index is -0.947.